The van der Waals surface area contributed by atoms with E-state index in [2.05, 4.69) is 4.98 Å². The summed E-state index contributed by atoms with van der Waals surface area (Å²) in [4.78, 5) is 3.26. The van der Waals surface area contributed by atoms with E-state index in [9.17, 15) is 13.2 Å². The predicted octanol–water partition coefficient (Wildman–Crippen LogP) is 2.34. The third-order valence-electron chi connectivity index (χ3n) is 1.55. The molecule has 1 aromatic heterocycles. The highest BCUT2D eigenvalue weighted by Crippen LogP contribution is 2.24. The molecule has 0 saturated carbocycles. The topological polar surface area (TPSA) is 36.7 Å². The first kappa shape index (κ1) is 9.52. The van der Waals surface area contributed by atoms with Crippen LogP contribution in [0, 0.1) is 24.2 Å². The summed E-state index contributed by atoms with van der Waals surface area (Å²) in [5.41, 5.74) is -0.873. The van der Waals surface area contributed by atoms with Crippen LogP contribution in [-0.2, 0) is 0 Å². The van der Waals surface area contributed by atoms with Gasteiger partial charge in [-0.05, 0) is 6.92 Å². The van der Waals surface area contributed by atoms with Gasteiger partial charge in [0.15, 0.2) is 0 Å². The maximum absolute atomic E-state index is 12.6. The first-order valence-corrected chi connectivity index (χ1v) is 3.41. The Morgan fingerprint density at radius 2 is 2.15 bits per heavy atom. The van der Waals surface area contributed by atoms with Crippen LogP contribution in [0.3, 0.4) is 0 Å². The molecular weight excluding hydrogens is 181 g/mol. The summed E-state index contributed by atoms with van der Waals surface area (Å²) in [6.07, 6.45) is -2.86. The van der Waals surface area contributed by atoms with Crippen LogP contribution in [-0.4, -0.2) is 4.98 Å². The molecular formula is C8H5F3N2. The van der Waals surface area contributed by atoms with Crippen LogP contribution in [0.25, 0.3) is 0 Å². The average Bonchev–Trinajstić information content (AvgIpc) is 2.02. The summed E-state index contributed by atoms with van der Waals surface area (Å²) in [6.45, 7) is 1.31. The van der Waals surface area contributed by atoms with Gasteiger partial charge in [0.1, 0.15) is 6.07 Å². The van der Waals surface area contributed by atoms with Crippen molar-refractivity contribution in [1.82, 2.24) is 4.98 Å². The molecule has 0 aliphatic heterocycles. The van der Waals surface area contributed by atoms with Gasteiger partial charge in [0.25, 0.3) is 6.43 Å². The van der Waals surface area contributed by atoms with E-state index < -0.39 is 17.9 Å². The van der Waals surface area contributed by atoms with Gasteiger partial charge in [0.2, 0.25) is 5.95 Å². The second-order valence-electron chi connectivity index (χ2n) is 2.41. The molecule has 0 aliphatic rings. The smallest absolute Gasteiger partial charge is 0.224 e. The van der Waals surface area contributed by atoms with Gasteiger partial charge < -0.3 is 0 Å². The number of alkyl halides is 2. The Balaban J connectivity index is 3.41. The van der Waals surface area contributed by atoms with E-state index in [0.717, 1.165) is 0 Å². The van der Waals surface area contributed by atoms with Gasteiger partial charge in [-0.15, -0.1) is 0 Å². The molecule has 0 bridgehead atoms. The SMILES string of the molecule is Cc1nc(F)cc(C(F)F)c1C#N. The molecule has 0 aliphatic carbocycles. The van der Waals surface area contributed by atoms with E-state index in [-0.39, 0.29) is 11.3 Å². The molecule has 1 heterocycles. The van der Waals surface area contributed by atoms with Gasteiger partial charge in [-0.1, -0.05) is 0 Å². The lowest BCUT2D eigenvalue weighted by molar-refractivity contribution is 0.150. The van der Waals surface area contributed by atoms with E-state index in [0.29, 0.717) is 6.07 Å². The quantitative estimate of drug-likeness (QED) is 0.631. The number of hydrogen-bond donors (Lipinski definition) is 0. The standard InChI is InChI=1S/C8H5F3N2/c1-4-6(3-12)5(8(10)11)2-7(9)13-4/h2,8H,1H3. The highest BCUT2D eigenvalue weighted by Gasteiger charge is 2.17. The summed E-state index contributed by atoms with van der Waals surface area (Å²) in [5, 5.41) is 8.49. The number of aromatic nitrogens is 1. The fraction of sp³-hybridized carbons (Fsp3) is 0.250. The minimum atomic E-state index is -2.86. The van der Waals surface area contributed by atoms with Crippen molar-refractivity contribution < 1.29 is 13.2 Å². The summed E-state index contributed by atoms with van der Waals surface area (Å²) < 4.78 is 37.0. The minimum Gasteiger partial charge on any atom is -0.224 e. The van der Waals surface area contributed by atoms with Gasteiger partial charge in [-0.25, -0.2) is 13.8 Å². The Bertz CT molecular complexity index is 368. The maximum atomic E-state index is 12.6. The average molecular weight is 186 g/mol. The normalized spacial score (nSPS) is 10.2. The molecule has 1 aromatic rings. The lowest BCUT2D eigenvalue weighted by Gasteiger charge is -2.04. The highest BCUT2D eigenvalue weighted by atomic mass is 19.3. The third kappa shape index (κ3) is 1.78. The van der Waals surface area contributed by atoms with Gasteiger partial charge in [-0.3, -0.25) is 0 Å². The zero-order chi connectivity index (χ0) is 10.0. The molecule has 1 rings (SSSR count). The summed E-state index contributed by atoms with van der Waals surface area (Å²) in [6, 6.07) is 2.14. The van der Waals surface area contributed by atoms with E-state index in [1.807, 2.05) is 0 Å². The van der Waals surface area contributed by atoms with Gasteiger partial charge in [0.05, 0.1) is 11.3 Å². The minimum absolute atomic E-state index is 0.0159. The van der Waals surface area contributed by atoms with Crippen LogP contribution in [0.1, 0.15) is 23.2 Å². The van der Waals surface area contributed by atoms with Crippen LogP contribution in [0.2, 0.25) is 0 Å². The molecule has 0 atom stereocenters. The summed E-state index contributed by atoms with van der Waals surface area (Å²) in [7, 11) is 0. The van der Waals surface area contributed by atoms with Crippen molar-refractivity contribution in [1.29, 1.82) is 5.26 Å². The van der Waals surface area contributed by atoms with Crippen LogP contribution in [0.4, 0.5) is 13.2 Å². The molecule has 0 radical (unpaired) electrons. The monoisotopic (exact) mass is 186 g/mol. The molecule has 2 nitrogen and oxygen atoms in total. The number of rotatable bonds is 1. The second-order valence-corrected chi connectivity index (χ2v) is 2.41. The van der Waals surface area contributed by atoms with Crippen LogP contribution in [0.15, 0.2) is 6.07 Å². The van der Waals surface area contributed by atoms with Crippen molar-refractivity contribution in [2.45, 2.75) is 13.3 Å². The largest absolute Gasteiger partial charge is 0.265 e. The number of halogens is 3. The molecule has 0 N–H and O–H groups in total. The first-order chi connectivity index (χ1) is 6.06. The number of hydrogen-bond acceptors (Lipinski definition) is 2. The Kier molecular flexibility index (Phi) is 2.52. The molecule has 0 fully saturated rings. The molecule has 0 aromatic carbocycles. The maximum Gasteiger partial charge on any atom is 0.265 e. The Morgan fingerprint density at radius 3 is 2.62 bits per heavy atom. The summed E-state index contributed by atoms with van der Waals surface area (Å²) in [5.74, 6) is -0.994. The molecule has 13 heavy (non-hydrogen) atoms. The van der Waals surface area contributed by atoms with Crippen LogP contribution < -0.4 is 0 Å². The van der Waals surface area contributed by atoms with E-state index in [1.54, 1.807) is 6.07 Å². The van der Waals surface area contributed by atoms with Gasteiger partial charge >= 0.3 is 0 Å². The molecule has 0 unspecified atom stereocenters. The first-order valence-electron chi connectivity index (χ1n) is 3.41. The third-order valence-corrected chi connectivity index (χ3v) is 1.55. The zero-order valence-electron chi connectivity index (χ0n) is 6.68. The number of nitrogens with zero attached hydrogens (tertiary/aromatic N) is 2. The molecule has 68 valence electrons. The lowest BCUT2D eigenvalue weighted by Crippen LogP contribution is -1.99. The Morgan fingerprint density at radius 1 is 1.54 bits per heavy atom. The van der Waals surface area contributed by atoms with E-state index in [1.165, 1.54) is 6.92 Å². The summed E-state index contributed by atoms with van der Waals surface area (Å²) >= 11 is 0. The number of pyridine rings is 1. The molecule has 5 heteroatoms. The Labute approximate surface area is 72.6 Å². The number of aryl methyl sites for hydroxylation is 1. The van der Waals surface area contributed by atoms with Crippen molar-refractivity contribution in [3.8, 4) is 6.07 Å². The van der Waals surface area contributed by atoms with Crippen molar-refractivity contribution in [2.75, 3.05) is 0 Å². The second kappa shape index (κ2) is 3.44. The fourth-order valence-corrected chi connectivity index (χ4v) is 0.975. The van der Waals surface area contributed by atoms with Crippen LogP contribution in [0.5, 0.6) is 0 Å². The zero-order valence-corrected chi connectivity index (χ0v) is 6.68. The predicted molar refractivity (Wildman–Crippen MR) is 38.6 cm³/mol. The molecule has 0 amide bonds. The lowest BCUT2D eigenvalue weighted by atomic mass is 10.1. The van der Waals surface area contributed by atoms with Crippen molar-refractivity contribution in [3.05, 3.63) is 28.8 Å². The fourth-order valence-electron chi connectivity index (χ4n) is 0.975. The van der Waals surface area contributed by atoms with Gasteiger partial charge in [-0.2, -0.15) is 9.65 Å². The van der Waals surface area contributed by atoms with E-state index >= 15 is 0 Å². The Hall–Kier alpha value is -1.57. The number of nitriles is 1. The highest BCUT2D eigenvalue weighted by molar-refractivity contribution is 5.40. The molecule has 0 spiro atoms. The molecule has 0 saturated heterocycles. The van der Waals surface area contributed by atoms with Gasteiger partial charge in [0, 0.05) is 11.6 Å². The van der Waals surface area contributed by atoms with E-state index in [4.69, 9.17) is 5.26 Å². The van der Waals surface area contributed by atoms with Crippen molar-refractivity contribution in [2.24, 2.45) is 0 Å². The van der Waals surface area contributed by atoms with Crippen LogP contribution >= 0.6 is 0 Å². The van der Waals surface area contributed by atoms with Crippen molar-refractivity contribution in [3.63, 3.8) is 0 Å². The van der Waals surface area contributed by atoms with Crippen molar-refractivity contribution >= 4 is 0 Å².